The van der Waals surface area contributed by atoms with Gasteiger partial charge in [0.2, 0.25) is 11.8 Å². The zero-order valence-electron chi connectivity index (χ0n) is 22.3. The molecular formula is C30H33BrFN3O4S. The molecule has 0 aliphatic heterocycles. The second-order valence-electron chi connectivity index (χ2n) is 9.86. The van der Waals surface area contributed by atoms with Crippen LogP contribution in [0.4, 0.5) is 10.1 Å². The van der Waals surface area contributed by atoms with Crippen LogP contribution < -0.4 is 9.62 Å². The normalized spacial score (nSPS) is 14.5. The van der Waals surface area contributed by atoms with Crippen molar-refractivity contribution < 1.29 is 22.4 Å². The fourth-order valence-corrected chi connectivity index (χ4v) is 6.63. The lowest BCUT2D eigenvalue weighted by Crippen LogP contribution is -2.53. The highest BCUT2D eigenvalue weighted by Gasteiger charge is 2.34. The van der Waals surface area contributed by atoms with Gasteiger partial charge in [-0.2, -0.15) is 0 Å². The summed E-state index contributed by atoms with van der Waals surface area (Å²) in [5.41, 5.74) is 0.938. The Bertz CT molecular complexity index is 1400. The molecule has 3 aromatic carbocycles. The zero-order chi connectivity index (χ0) is 28.7. The van der Waals surface area contributed by atoms with E-state index in [2.05, 4.69) is 21.2 Å². The number of hydrogen-bond donors (Lipinski definition) is 1. The maximum atomic E-state index is 14.0. The molecule has 1 aliphatic carbocycles. The molecule has 1 N–H and O–H groups in total. The topological polar surface area (TPSA) is 86.8 Å². The van der Waals surface area contributed by atoms with Gasteiger partial charge >= 0.3 is 0 Å². The van der Waals surface area contributed by atoms with Gasteiger partial charge in [-0.25, -0.2) is 12.8 Å². The fourth-order valence-electron chi connectivity index (χ4n) is 4.93. The van der Waals surface area contributed by atoms with Crippen molar-refractivity contribution in [1.82, 2.24) is 10.2 Å². The first-order chi connectivity index (χ1) is 19.2. The molecule has 3 aromatic rings. The molecule has 1 saturated carbocycles. The van der Waals surface area contributed by atoms with E-state index in [9.17, 15) is 22.4 Å². The van der Waals surface area contributed by atoms with Crippen LogP contribution >= 0.6 is 15.9 Å². The Morgan fingerprint density at radius 2 is 1.60 bits per heavy atom. The van der Waals surface area contributed by atoms with E-state index in [1.54, 1.807) is 54.6 Å². The molecule has 1 fully saturated rings. The van der Waals surface area contributed by atoms with E-state index in [0.717, 1.165) is 34.5 Å². The van der Waals surface area contributed by atoms with E-state index in [1.165, 1.54) is 29.2 Å². The summed E-state index contributed by atoms with van der Waals surface area (Å²) in [4.78, 5) is 28.9. The van der Waals surface area contributed by atoms with Crippen LogP contribution in [0.5, 0.6) is 0 Å². The quantitative estimate of drug-likeness (QED) is 0.297. The Hall–Kier alpha value is -3.24. The standard InChI is InChI=1S/C30H33BrFN3O4S/c1-2-28(30(37)33-25-8-6-7-9-25)34(20-22-12-16-24(32)17-13-22)29(36)21-35(26-18-14-23(31)15-19-26)40(38,39)27-10-4-3-5-11-27/h3-5,10-19,25,28H,2,6-9,20-21H2,1H3,(H,33,37)/t28-/m1/s1. The molecule has 0 unspecified atom stereocenters. The van der Waals surface area contributed by atoms with E-state index in [1.807, 2.05) is 6.92 Å². The maximum absolute atomic E-state index is 14.0. The summed E-state index contributed by atoms with van der Waals surface area (Å²) in [7, 11) is -4.12. The number of anilines is 1. The largest absolute Gasteiger partial charge is 0.352 e. The summed E-state index contributed by atoms with van der Waals surface area (Å²) < 4.78 is 43.0. The average Bonchev–Trinajstić information content (AvgIpc) is 3.46. The first kappa shape index (κ1) is 29.7. The number of nitrogens with zero attached hydrogens (tertiary/aromatic N) is 2. The Kier molecular flexibility index (Phi) is 9.97. The first-order valence-electron chi connectivity index (χ1n) is 13.4. The van der Waals surface area contributed by atoms with Gasteiger partial charge in [-0.05, 0) is 73.4 Å². The van der Waals surface area contributed by atoms with Gasteiger partial charge in [0, 0.05) is 17.1 Å². The summed E-state index contributed by atoms with van der Waals surface area (Å²) in [5, 5.41) is 3.08. The van der Waals surface area contributed by atoms with Gasteiger partial charge in [0.25, 0.3) is 10.0 Å². The van der Waals surface area contributed by atoms with Gasteiger partial charge in [0.1, 0.15) is 18.4 Å². The Morgan fingerprint density at radius 3 is 2.20 bits per heavy atom. The third-order valence-electron chi connectivity index (χ3n) is 7.08. The van der Waals surface area contributed by atoms with Crippen LogP contribution in [0.15, 0.2) is 88.2 Å². The van der Waals surface area contributed by atoms with Gasteiger partial charge < -0.3 is 10.2 Å². The van der Waals surface area contributed by atoms with Crippen molar-refractivity contribution in [3.8, 4) is 0 Å². The van der Waals surface area contributed by atoms with Gasteiger partial charge in [-0.1, -0.05) is 66.0 Å². The molecule has 4 rings (SSSR count). The van der Waals surface area contributed by atoms with E-state index < -0.39 is 34.3 Å². The fraction of sp³-hybridized carbons (Fsp3) is 0.333. The number of carbonyl (C=O) groups is 2. The van der Waals surface area contributed by atoms with Crippen LogP contribution in [-0.4, -0.2) is 43.8 Å². The van der Waals surface area contributed by atoms with Crippen LogP contribution in [-0.2, 0) is 26.2 Å². The second-order valence-corrected chi connectivity index (χ2v) is 12.6. The van der Waals surface area contributed by atoms with Crippen LogP contribution in [0.1, 0.15) is 44.6 Å². The van der Waals surface area contributed by atoms with Crippen molar-refractivity contribution in [2.45, 2.75) is 62.6 Å². The van der Waals surface area contributed by atoms with E-state index in [4.69, 9.17) is 0 Å². The minimum Gasteiger partial charge on any atom is -0.352 e. The van der Waals surface area contributed by atoms with E-state index in [-0.39, 0.29) is 23.4 Å². The molecule has 10 heteroatoms. The molecule has 7 nitrogen and oxygen atoms in total. The summed E-state index contributed by atoms with van der Waals surface area (Å²) in [6.45, 7) is 1.32. The van der Waals surface area contributed by atoms with E-state index >= 15 is 0 Å². The number of hydrogen-bond acceptors (Lipinski definition) is 4. The smallest absolute Gasteiger partial charge is 0.264 e. The lowest BCUT2D eigenvalue weighted by molar-refractivity contribution is -0.140. The number of amides is 2. The number of benzene rings is 3. The highest BCUT2D eigenvalue weighted by molar-refractivity contribution is 9.10. The lowest BCUT2D eigenvalue weighted by Gasteiger charge is -2.33. The van der Waals surface area contributed by atoms with Gasteiger partial charge in [0.05, 0.1) is 10.6 Å². The number of sulfonamides is 1. The van der Waals surface area contributed by atoms with Crippen molar-refractivity contribution in [2.75, 3.05) is 10.8 Å². The van der Waals surface area contributed by atoms with Crippen LogP contribution in [0.3, 0.4) is 0 Å². The highest BCUT2D eigenvalue weighted by atomic mass is 79.9. The zero-order valence-corrected chi connectivity index (χ0v) is 24.7. The van der Waals surface area contributed by atoms with Gasteiger partial charge in [0.15, 0.2) is 0 Å². The minimum atomic E-state index is -4.12. The first-order valence-corrected chi connectivity index (χ1v) is 15.6. The van der Waals surface area contributed by atoms with Crippen molar-refractivity contribution in [3.63, 3.8) is 0 Å². The molecule has 0 spiro atoms. The van der Waals surface area contributed by atoms with E-state index in [0.29, 0.717) is 17.7 Å². The van der Waals surface area contributed by atoms with Gasteiger partial charge in [-0.3, -0.25) is 13.9 Å². The van der Waals surface area contributed by atoms with Crippen molar-refractivity contribution in [2.24, 2.45) is 0 Å². The molecule has 0 saturated heterocycles. The summed E-state index contributed by atoms with van der Waals surface area (Å²) in [6.07, 6.45) is 4.19. The van der Waals surface area contributed by atoms with Crippen molar-refractivity contribution in [3.05, 3.63) is 94.7 Å². The molecule has 1 aliphatic rings. The Balaban J connectivity index is 1.69. The SMILES string of the molecule is CC[C@H](C(=O)NC1CCCC1)N(Cc1ccc(F)cc1)C(=O)CN(c1ccc(Br)cc1)S(=O)(=O)c1ccccc1. The molecule has 0 aromatic heterocycles. The Morgan fingerprint density at radius 1 is 0.975 bits per heavy atom. The molecular weight excluding hydrogens is 597 g/mol. The lowest BCUT2D eigenvalue weighted by atomic mass is 10.1. The van der Waals surface area contributed by atoms with Crippen LogP contribution in [0.2, 0.25) is 0 Å². The highest BCUT2D eigenvalue weighted by Crippen LogP contribution is 2.26. The summed E-state index contributed by atoms with van der Waals surface area (Å²) in [5.74, 6) is -1.23. The second kappa shape index (κ2) is 13.4. The van der Waals surface area contributed by atoms with Crippen LogP contribution in [0, 0.1) is 5.82 Å². The maximum Gasteiger partial charge on any atom is 0.264 e. The molecule has 1 atom stereocenters. The predicted molar refractivity (Wildman–Crippen MR) is 157 cm³/mol. The predicted octanol–water partition coefficient (Wildman–Crippen LogP) is 5.65. The average molecular weight is 631 g/mol. The number of carbonyl (C=O) groups excluding carboxylic acids is 2. The minimum absolute atomic E-state index is 0.0231. The Labute approximate surface area is 243 Å². The summed E-state index contributed by atoms with van der Waals surface area (Å²) in [6, 6.07) is 19.5. The molecule has 40 heavy (non-hydrogen) atoms. The molecule has 0 radical (unpaired) electrons. The summed E-state index contributed by atoms with van der Waals surface area (Å²) >= 11 is 3.37. The van der Waals surface area contributed by atoms with Crippen molar-refractivity contribution in [1.29, 1.82) is 0 Å². The molecule has 0 bridgehead atoms. The third-order valence-corrected chi connectivity index (χ3v) is 9.40. The monoisotopic (exact) mass is 629 g/mol. The number of rotatable bonds is 11. The van der Waals surface area contributed by atoms with Crippen molar-refractivity contribution >= 4 is 43.5 Å². The molecule has 2 amide bonds. The van der Waals surface area contributed by atoms with Gasteiger partial charge in [-0.15, -0.1) is 0 Å². The third kappa shape index (κ3) is 7.28. The molecule has 0 heterocycles. The molecule has 212 valence electrons. The number of nitrogens with one attached hydrogen (secondary N) is 1. The number of halogens is 2. The van der Waals surface area contributed by atoms with Crippen LogP contribution in [0.25, 0.3) is 0 Å².